The number of rotatable bonds is 25. The number of unbranched alkanes of at least 4 members (excludes halogenated alkanes) is 2. The SMILES string of the molecule is CC=NC(=CC(C(=O)Nc1cc(C(F)(F)F)cc(NC(=O)CCCCN=C(N)N)c1OCCN)=C(C)CC)C(=O)Nc1cc(C(F)(F)F)cc(NC(=O)CCCCN=C(N)N)c1OCCN. The summed E-state index contributed by atoms with van der Waals surface area (Å²) in [4.78, 5) is 65.6. The van der Waals surface area contributed by atoms with Crippen molar-refractivity contribution in [2.45, 2.75) is 78.1 Å². The molecule has 25 heteroatoms. The second-order valence-corrected chi connectivity index (χ2v) is 14.1. The third kappa shape index (κ3) is 18.7. The molecular formula is C41H57F6N13O6. The minimum atomic E-state index is -4.99. The van der Waals surface area contributed by atoms with E-state index in [9.17, 15) is 45.5 Å². The van der Waals surface area contributed by atoms with E-state index in [2.05, 4.69) is 36.2 Å². The molecule has 66 heavy (non-hydrogen) atoms. The Hall–Kier alpha value is -6.89. The quantitative estimate of drug-likeness (QED) is 0.0165. The van der Waals surface area contributed by atoms with E-state index in [0.717, 1.165) is 12.3 Å². The number of ether oxygens (including phenoxy) is 2. The van der Waals surface area contributed by atoms with Gasteiger partial charge in [-0.2, -0.15) is 26.3 Å². The number of nitrogens with zero attached hydrogens (tertiary/aromatic N) is 3. The lowest BCUT2D eigenvalue weighted by Crippen LogP contribution is -2.23. The van der Waals surface area contributed by atoms with Crippen LogP contribution < -0.4 is 65.1 Å². The second kappa shape index (κ2) is 26.8. The van der Waals surface area contributed by atoms with Crippen LogP contribution in [0.15, 0.2) is 62.2 Å². The minimum Gasteiger partial charge on any atom is -0.488 e. The normalized spacial score (nSPS) is 12.2. The summed E-state index contributed by atoms with van der Waals surface area (Å²) in [5.41, 5.74) is 27.3. The third-order valence-corrected chi connectivity index (χ3v) is 8.83. The Labute approximate surface area is 376 Å². The van der Waals surface area contributed by atoms with Crippen molar-refractivity contribution in [1.82, 2.24) is 0 Å². The molecule has 2 rings (SSSR count). The molecule has 0 fully saturated rings. The number of nitrogens with one attached hydrogen (secondary N) is 4. The highest BCUT2D eigenvalue weighted by molar-refractivity contribution is 6.11. The van der Waals surface area contributed by atoms with Gasteiger partial charge in [-0.3, -0.25) is 34.2 Å². The van der Waals surface area contributed by atoms with Gasteiger partial charge in [0.15, 0.2) is 23.4 Å². The highest BCUT2D eigenvalue weighted by atomic mass is 19.4. The first kappa shape index (κ1) is 55.2. The maximum absolute atomic E-state index is 14.3. The van der Waals surface area contributed by atoms with Crippen LogP contribution in [0.3, 0.4) is 0 Å². The van der Waals surface area contributed by atoms with Crippen LogP contribution in [0.25, 0.3) is 0 Å². The average Bonchev–Trinajstić information content (AvgIpc) is 3.22. The van der Waals surface area contributed by atoms with E-state index in [0.29, 0.717) is 37.1 Å². The summed E-state index contributed by atoms with van der Waals surface area (Å²) in [6.45, 7) is 4.13. The fraction of sp³-hybridized carbons (Fsp3) is 0.439. The van der Waals surface area contributed by atoms with E-state index in [-0.39, 0.29) is 100 Å². The summed E-state index contributed by atoms with van der Waals surface area (Å²) >= 11 is 0. The van der Waals surface area contributed by atoms with Crippen LogP contribution in [0, 0.1) is 0 Å². The molecule has 2 aromatic rings. The molecule has 0 aliphatic carbocycles. The van der Waals surface area contributed by atoms with Gasteiger partial charge in [0.2, 0.25) is 11.8 Å². The molecule has 2 aromatic carbocycles. The van der Waals surface area contributed by atoms with E-state index >= 15 is 0 Å². The Balaban J connectivity index is 2.68. The molecule has 16 N–H and O–H groups in total. The van der Waals surface area contributed by atoms with Gasteiger partial charge in [-0.05, 0) is 76.3 Å². The lowest BCUT2D eigenvalue weighted by atomic mass is 10.0. The van der Waals surface area contributed by atoms with Gasteiger partial charge in [0.05, 0.1) is 33.9 Å². The molecule has 0 saturated heterocycles. The Morgan fingerprint density at radius 2 is 1.05 bits per heavy atom. The van der Waals surface area contributed by atoms with Crippen LogP contribution in [0.4, 0.5) is 49.1 Å². The highest BCUT2D eigenvalue weighted by Gasteiger charge is 2.35. The van der Waals surface area contributed by atoms with Gasteiger partial charge in [-0.1, -0.05) is 12.5 Å². The van der Waals surface area contributed by atoms with Crippen molar-refractivity contribution < 1.29 is 55.0 Å². The highest BCUT2D eigenvalue weighted by Crippen LogP contribution is 2.43. The number of nitrogens with two attached hydrogens (primary N) is 6. The van der Waals surface area contributed by atoms with Crippen LogP contribution in [-0.4, -0.2) is 81.2 Å². The Bertz CT molecular complexity index is 2170. The van der Waals surface area contributed by atoms with Crippen molar-refractivity contribution in [3.63, 3.8) is 0 Å². The molecule has 0 aliphatic heterocycles. The predicted octanol–water partition coefficient (Wildman–Crippen LogP) is 4.44. The van der Waals surface area contributed by atoms with Gasteiger partial charge in [0, 0.05) is 50.8 Å². The Morgan fingerprint density at radius 3 is 1.39 bits per heavy atom. The third-order valence-electron chi connectivity index (χ3n) is 8.83. The summed E-state index contributed by atoms with van der Waals surface area (Å²) in [6, 6.07) is 2.37. The maximum atomic E-state index is 14.3. The van der Waals surface area contributed by atoms with Crippen LogP contribution in [0.5, 0.6) is 11.5 Å². The van der Waals surface area contributed by atoms with Crippen molar-refractivity contribution in [2.75, 3.05) is 60.7 Å². The molecular weight excluding hydrogens is 885 g/mol. The molecule has 4 amide bonds. The van der Waals surface area contributed by atoms with Gasteiger partial charge in [-0.25, -0.2) is 0 Å². The summed E-state index contributed by atoms with van der Waals surface area (Å²) in [5.74, 6) is -4.73. The number of hydrogen-bond acceptors (Lipinski definition) is 11. The summed E-state index contributed by atoms with van der Waals surface area (Å²) in [6.07, 6.45) is -6.76. The van der Waals surface area contributed by atoms with E-state index in [1.165, 1.54) is 13.8 Å². The molecule has 19 nitrogen and oxygen atoms in total. The fourth-order valence-electron chi connectivity index (χ4n) is 5.61. The topological polar surface area (TPSA) is 328 Å². The number of guanidine groups is 2. The smallest absolute Gasteiger partial charge is 0.416 e. The van der Waals surface area contributed by atoms with Crippen LogP contribution >= 0.6 is 0 Å². The lowest BCUT2D eigenvalue weighted by molar-refractivity contribution is -0.138. The monoisotopic (exact) mass is 941 g/mol. The average molecular weight is 942 g/mol. The van der Waals surface area contributed by atoms with Gasteiger partial charge < -0.3 is 65.1 Å². The first-order valence-corrected chi connectivity index (χ1v) is 20.5. The van der Waals surface area contributed by atoms with Gasteiger partial charge in [0.25, 0.3) is 11.8 Å². The number of carbonyl (C=O) groups excluding carboxylic acids is 4. The largest absolute Gasteiger partial charge is 0.488 e. The van der Waals surface area contributed by atoms with Gasteiger partial charge in [0.1, 0.15) is 18.9 Å². The summed E-state index contributed by atoms with van der Waals surface area (Å²) in [7, 11) is 0. The molecule has 364 valence electrons. The number of carbonyl (C=O) groups is 4. The molecule has 0 atom stereocenters. The van der Waals surface area contributed by atoms with E-state index in [1.54, 1.807) is 6.92 Å². The van der Waals surface area contributed by atoms with Crippen molar-refractivity contribution in [3.05, 3.63) is 58.3 Å². The number of alkyl halides is 6. The number of anilines is 4. The number of amides is 4. The first-order valence-electron chi connectivity index (χ1n) is 20.5. The molecule has 0 bridgehead atoms. The van der Waals surface area contributed by atoms with E-state index < -0.39 is 81.3 Å². The molecule has 0 saturated carbocycles. The van der Waals surface area contributed by atoms with Crippen molar-refractivity contribution >= 4 is 64.5 Å². The first-order chi connectivity index (χ1) is 31.0. The minimum absolute atomic E-state index is 0.122. The molecule has 0 unspecified atom stereocenters. The van der Waals surface area contributed by atoms with Crippen molar-refractivity contribution in [3.8, 4) is 11.5 Å². The number of aliphatic imine (C=N–C) groups is 3. The van der Waals surface area contributed by atoms with E-state index in [4.69, 9.17) is 43.9 Å². The van der Waals surface area contributed by atoms with Crippen LogP contribution in [0.1, 0.15) is 76.8 Å². The van der Waals surface area contributed by atoms with Crippen LogP contribution in [0.2, 0.25) is 0 Å². The van der Waals surface area contributed by atoms with Gasteiger partial charge >= 0.3 is 12.4 Å². The number of allylic oxidation sites excluding steroid dienone is 1. The zero-order valence-corrected chi connectivity index (χ0v) is 36.7. The lowest BCUT2D eigenvalue weighted by Gasteiger charge is -2.20. The molecule has 0 radical (unpaired) electrons. The second-order valence-electron chi connectivity index (χ2n) is 14.1. The van der Waals surface area contributed by atoms with Gasteiger partial charge in [-0.15, -0.1) is 0 Å². The fourth-order valence-corrected chi connectivity index (χ4v) is 5.61. The maximum Gasteiger partial charge on any atom is 0.416 e. The molecule has 0 aliphatic rings. The van der Waals surface area contributed by atoms with E-state index in [1.807, 2.05) is 0 Å². The number of halogens is 6. The Kier molecular flexibility index (Phi) is 22.4. The number of benzene rings is 2. The van der Waals surface area contributed by atoms with Crippen LogP contribution in [-0.2, 0) is 31.5 Å². The standard InChI is InChI=1S/C41H57F6N13O6/c1-4-23(3)26(36(63)59-29-20-24(40(42,43)44)18-27(34(29)65-16-12-48)57-32(61)10-6-8-14-55-38(50)51)22-31(54-5-2)37(64)60-30-21-25(41(45,46)47)19-28(35(30)66-17-13-49)58-33(62)11-7-9-15-56-39(52)53/h5,18-22H,4,6-17,48-49H2,1-3H3,(H,57,61)(H,58,62)(H,59,63)(H,60,64)(H4,50,51,55)(H4,52,53,56). The predicted molar refractivity (Wildman–Crippen MR) is 241 cm³/mol. The molecule has 0 heterocycles. The Morgan fingerprint density at radius 1 is 0.652 bits per heavy atom. The summed E-state index contributed by atoms with van der Waals surface area (Å²) in [5, 5.41) is 9.48. The summed E-state index contributed by atoms with van der Waals surface area (Å²) < 4.78 is 97.0. The number of hydrogen-bond donors (Lipinski definition) is 10. The van der Waals surface area contributed by atoms with Crippen molar-refractivity contribution in [1.29, 1.82) is 0 Å². The van der Waals surface area contributed by atoms with Crippen molar-refractivity contribution in [2.24, 2.45) is 49.4 Å². The zero-order chi connectivity index (χ0) is 49.6. The molecule has 0 aromatic heterocycles. The zero-order valence-electron chi connectivity index (χ0n) is 36.7. The molecule has 0 spiro atoms.